The summed E-state index contributed by atoms with van der Waals surface area (Å²) in [5.74, 6) is 5.93. The largest absolute Gasteiger partial charge is 0.461 e. The molecule has 0 atom stereocenters. The molecule has 0 unspecified atom stereocenters. The third-order valence-corrected chi connectivity index (χ3v) is 2.12. The van der Waals surface area contributed by atoms with E-state index in [1.165, 1.54) is 0 Å². The van der Waals surface area contributed by atoms with Crippen molar-refractivity contribution in [1.82, 2.24) is 15.0 Å². The molecule has 0 aliphatic rings. The number of hydrogen-bond donors (Lipinski definition) is 3. The van der Waals surface area contributed by atoms with Gasteiger partial charge < -0.3 is 10.1 Å². The monoisotopic (exact) mass is 260 g/mol. The number of hydrogen-bond acceptors (Lipinski definition) is 7. The Labute approximate surface area is 111 Å². The lowest BCUT2D eigenvalue weighted by molar-refractivity contribution is 0.222. The molecule has 2 rings (SSSR count). The highest BCUT2D eigenvalue weighted by Crippen LogP contribution is 2.16. The second kappa shape index (κ2) is 5.96. The zero-order valence-electron chi connectivity index (χ0n) is 10.8. The van der Waals surface area contributed by atoms with E-state index >= 15 is 0 Å². The number of anilines is 3. The highest BCUT2D eigenvalue weighted by Gasteiger charge is 2.08. The van der Waals surface area contributed by atoms with Crippen LogP contribution in [0, 0.1) is 0 Å². The highest BCUT2D eigenvalue weighted by molar-refractivity contribution is 5.53. The maximum atomic E-state index is 5.44. The van der Waals surface area contributed by atoms with Gasteiger partial charge in [0.15, 0.2) is 0 Å². The Morgan fingerprint density at radius 1 is 1.05 bits per heavy atom. The van der Waals surface area contributed by atoms with Gasteiger partial charge in [-0.15, -0.1) is 0 Å². The summed E-state index contributed by atoms with van der Waals surface area (Å²) in [4.78, 5) is 12.3. The van der Waals surface area contributed by atoms with Gasteiger partial charge in [0.05, 0.1) is 6.10 Å². The van der Waals surface area contributed by atoms with Crippen molar-refractivity contribution in [2.24, 2.45) is 5.84 Å². The van der Waals surface area contributed by atoms with Crippen LogP contribution in [-0.2, 0) is 0 Å². The molecule has 0 radical (unpaired) electrons. The summed E-state index contributed by atoms with van der Waals surface area (Å²) in [6, 6.07) is 9.79. The van der Waals surface area contributed by atoms with Crippen LogP contribution in [0.15, 0.2) is 30.3 Å². The van der Waals surface area contributed by atoms with Crippen LogP contribution in [-0.4, -0.2) is 21.1 Å². The Bertz CT molecular complexity index is 531. The summed E-state index contributed by atoms with van der Waals surface area (Å²) < 4.78 is 5.44. The smallest absolute Gasteiger partial charge is 0.323 e. The zero-order chi connectivity index (χ0) is 13.7. The third kappa shape index (κ3) is 3.78. The molecule has 0 fully saturated rings. The van der Waals surface area contributed by atoms with Crippen molar-refractivity contribution in [3.8, 4) is 6.01 Å². The topological polar surface area (TPSA) is 98.0 Å². The first kappa shape index (κ1) is 13.0. The Hall–Kier alpha value is -2.41. The van der Waals surface area contributed by atoms with Gasteiger partial charge in [-0.1, -0.05) is 18.2 Å². The predicted octanol–water partition coefficient (Wildman–Crippen LogP) is 1.69. The fourth-order valence-electron chi connectivity index (χ4n) is 1.39. The average Bonchev–Trinajstić information content (AvgIpc) is 2.38. The molecule has 0 aliphatic heterocycles. The van der Waals surface area contributed by atoms with Crippen LogP contribution in [0.3, 0.4) is 0 Å². The molecule has 0 spiro atoms. The summed E-state index contributed by atoms with van der Waals surface area (Å²) >= 11 is 0. The second-order valence-corrected chi connectivity index (χ2v) is 4.07. The van der Waals surface area contributed by atoms with Crippen LogP contribution in [0.2, 0.25) is 0 Å². The van der Waals surface area contributed by atoms with Gasteiger partial charge in [-0.05, 0) is 26.0 Å². The minimum atomic E-state index is -0.0300. The van der Waals surface area contributed by atoms with Gasteiger partial charge in [0.2, 0.25) is 11.9 Å². The van der Waals surface area contributed by atoms with Crippen molar-refractivity contribution in [3.05, 3.63) is 30.3 Å². The van der Waals surface area contributed by atoms with Crippen molar-refractivity contribution < 1.29 is 4.74 Å². The summed E-state index contributed by atoms with van der Waals surface area (Å²) in [5.41, 5.74) is 3.25. The summed E-state index contributed by atoms with van der Waals surface area (Å²) in [7, 11) is 0. The molecule has 2 aromatic rings. The van der Waals surface area contributed by atoms with E-state index in [4.69, 9.17) is 10.6 Å². The minimum Gasteiger partial charge on any atom is -0.461 e. The van der Waals surface area contributed by atoms with Crippen LogP contribution in [0.5, 0.6) is 6.01 Å². The number of para-hydroxylation sites is 1. The molecule has 0 saturated heterocycles. The van der Waals surface area contributed by atoms with Crippen molar-refractivity contribution in [2.45, 2.75) is 20.0 Å². The lowest BCUT2D eigenvalue weighted by atomic mass is 10.3. The molecule has 0 bridgehead atoms. The maximum absolute atomic E-state index is 5.44. The molecule has 0 amide bonds. The number of nitrogens with zero attached hydrogens (tertiary/aromatic N) is 3. The standard InChI is InChI=1S/C12H16N6O/c1-8(2)19-12-16-10(15-11(17-12)18-13)14-9-6-4-3-5-7-9/h3-8H,13H2,1-2H3,(H2,14,15,16,17,18). The SMILES string of the molecule is CC(C)Oc1nc(NN)nc(Nc2ccccc2)n1. The molecule has 0 saturated carbocycles. The minimum absolute atomic E-state index is 0.0300. The summed E-state index contributed by atoms with van der Waals surface area (Å²) in [6.45, 7) is 3.78. The Morgan fingerprint density at radius 2 is 1.74 bits per heavy atom. The van der Waals surface area contributed by atoms with Gasteiger partial charge in [0.1, 0.15) is 0 Å². The van der Waals surface area contributed by atoms with Crippen molar-refractivity contribution >= 4 is 17.6 Å². The fourth-order valence-corrected chi connectivity index (χ4v) is 1.39. The van der Waals surface area contributed by atoms with Crippen LogP contribution < -0.4 is 21.3 Å². The van der Waals surface area contributed by atoms with Crippen LogP contribution in [0.4, 0.5) is 17.6 Å². The number of hydrazine groups is 1. The number of ether oxygens (including phenoxy) is 1. The molecule has 1 aromatic heterocycles. The van der Waals surface area contributed by atoms with E-state index in [1.807, 2.05) is 44.2 Å². The molecular weight excluding hydrogens is 244 g/mol. The van der Waals surface area contributed by atoms with Gasteiger partial charge >= 0.3 is 6.01 Å². The number of aromatic nitrogens is 3. The molecule has 7 nitrogen and oxygen atoms in total. The van der Waals surface area contributed by atoms with Gasteiger partial charge in [0, 0.05) is 5.69 Å². The van der Waals surface area contributed by atoms with E-state index in [1.54, 1.807) is 0 Å². The number of nitrogens with one attached hydrogen (secondary N) is 2. The molecule has 100 valence electrons. The zero-order valence-corrected chi connectivity index (χ0v) is 10.8. The molecule has 4 N–H and O–H groups in total. The maximum Gasteiger partial charge on any atom is 0.323 e. The van der Waals surface area contributed by atoms with E-state index in [-0.39, 0.29) is 18.1 Å². The number of nitrogen functional groups attached to an aromatic ring is 1. The van der Waals surface area contributed by atoms with Gasteiger partial charge in [-0.25, -0.2) is 5.84 Å². The number of rotatable bonds is 5. The first-order valence-electron chi connectivity index (χ1n) is 5.89. The van der Waals surface area contributed by atoms with Crippen molar-refractivity contribution in [3.63, 3.8) is 0 Å². The fraction of sp³-hybridized carbons (Fsp3) is 0.250. The van der Waals surface area contributed by atoms with Gasteiger partial charge in [-0.3, -0.25) is 5.43 Å². The second-order valence-electron chi connectivity index (χ2n) is 4.07. The van der Waals surface area contributed by atoms with Crippen LogP contribution in [0.25, 0.3) is 0 Å². The van der Waals surface area contributed by atoms with Crippen molar-refractivity contribution in [1.29, 1.82) is 0 Å². The first-order chi connectivity index (χ1) is 9.17. The summed E-state index contributed by atoms with van der Waals surface area (Å²) in [6.07, 6.45) is -0.0300. The van der Waals surface area contributed by atoms with E-state index < -0.39 is 0 Å². The van der Waals surface area contributed by atoms with Gasteiger partial charge in [-0.2, -0.15) is 15.0 Å². The molecule has 1 heterocycles. The molecule has 0 aliphatic carbocycles. The van der Waals surface area contributed by atoms with Crippen LogP contribution in [0.1, 0.15) is 13.8 Å². The molecule has 19 heavy (non-hydrogen) atoms. The van der Waals surface area contributed by atoms with Crippen LogP contribution >= 0.6 is 0 Å². The lowest BCUT2D eigenvalue weighted by Crippen LogP contribution is -2.15. The van der Waals surface area contributed by atoms with E-state index in [0.29, 0.717) is 5.95 Å². The summed E-state index contributed by atoms with van der Waals surface area (Å²) in [5, 5.41) is 3.05. The Morgan fingerprint density at radius 3 is 2.37 bits per heavy atom. The lowest BCUT2D eigenvalue weighted by Gasteiger charge is -2.11. The van der Waals surface area contributed by atoms with E-state index in [9.17, 15) is 0 Å². The highest BCUT2D eigenvalue weighted by atomic mass is 16.5. The van der Waals surface area contributed by atoms with E-state index in [0.717, 1.165) is 5.69 Å². The third-order valence-electron chi connectivity index (χ3n) is 2.12. The predicted molar refractivity (Wildman–Crippen MR) is 73.1 cm³/mol. The molecular formula is C12H16N6O. The molecule has 1 aromatic carbocycles. The average molecular weight is 260 g/mol. The Kier molecular flexibility index (Phi) is 4.09. The van der Waals surface area contributed by atoms with Gasteiger partial charge in [0.25, 0.3) is 0 Å². The first-order valence-corrected chi connectivity index (χ1v) is 5.89. The number of nitrogens with two attached hydrogens (primary N) is 1. The number of benzene rings is 1. The quantitative estimate of drug-likeness (QED) is 0.555. The van der Waals surface area contributed by atoms with E-state index in [2.05, 4.69) is 25.7 Å². The Balaban J connectivity index is 2.24. The van der Waals surface area contributed by atoms with Crippen molar-refractivity contribution in [2.75, 3.05) is 10.7 Å². The normalized spacial score (nSPS) is 10.3. The molecule has 7 heteroatoms.